The minimum Gasteiger partial charge on any atom is -0.493 e. The highest BCUT2D eigenvalue weighted by Gasteiger charge is 2.14. The molecular formula is C17H20N2O3S. The molecule has 0 saturated heterocycles. The summed E-state index contributed by atoms with van der Waals surface area (Å²) in [5.74, 6) is 0.290. The van der Waals surface area contributed by atoms with Gasteiger partial charge in [0.1, 0.15) is 5.75 Å². The molecule has 6 heteroatoms. The Morgan fingerprint density at radius 2 is 1.83 bits per heavy atom. The van der Waals surface area contributed by atoms with Crippen molar-refractivity contribution in [3.05, 3.63) is 52.2 Å². The van der Waals surface area contributed by atoms with Crippen molar-refractivity contribution in [1.29, 1.82) is 0 Å². The third-order valence-electron chi connectivity index (χ3n) is 3.12. The molecule has 2 rings (SSSR count). The largest absolute Gasteiger partial charge is 0.493 e. The van der Waals surface area contributed by atoms with Crippen LogP contribution in [0.5, 0.6) is 5.75 Å². The van der Waals surface area contributed by atoms with Gasteiger partial charge in [0.2, 0.25) is 0 Å². The van der Waals surface area contributed by atoms with Gasteiger partial charge in [-0.05, 0) is 35.9 Å². The molecule has 0 unspecified atom stereocenters. The van der Waals surface area contributed by atoms with E-state index in [9.17, 15) is 9.59 Å². The Hall–Kier alpha value is -2.34. The first kappa shape index (κ1) is 17.0. The summed E-state index contributed by atoms with van der Waals surface area (Å²) in [4.78, 5) is 24.6. The number of amides is 2. The number of carbonyl (C=O) groups is 2. The molecule has 5 nitrogen and oxygen atoms in total. The molecule has 1 heterocycles. The summed E-state index contributed by atoms with van der Waals surface area (Å²) in [5, 5.41) is 1.80. The predicted octanol–water partition coefficient (Wildman–Crippen LogP) is 3.25. The van der Waals surface area contributed by atoms with Crippen LogP contribution in [0, 0.1) is 5.92 Å². The Bertz CT molecular complexity index is 654. The van der Waals surface area contributed by atoms with Crippen molar-refractivity contribution >= 4 is 23.2 Å². The number of rotatable bonds is 6. The minimum absolute atomic E-state index is 0.341. The lowest BCUT2D eigenvalue weighted by atomic mass is 10.1. The van der Waals surface area contributed by atoms with Gasteiger partial charge in [-0.2, -0.15) is 0 Å². The van der Waals surface area contributed by atoms with Gasteiger partial charge in [0.15, 0.2) is 0 Å². The maximum atomic E-state index is 12.2. The van der Waals surface area contributed by atoms with Crippen molar-refractivity contribution in [3.8, 4) is 5.75 Å². The Morgan fingerprint density at radius 1 is 1.09 bits per heavy atom. The van der Waals surface area contributed by atoms with Crippen LogP contribution in [0.3, 0.4) is 0 Å². The highest BCUT2D eigenvalue weighted by Crippen LogP contribution is 2.18. The number of carbonyl (C=O) groups excluding carboxylic acids is 2. The monoisotopic (exact) mass is 332 g/mol. The molecule has 2 aromatic rings. The zero-order valence-corrected chi connectivity index (χ0v) is 14.0. The molecule has 1 aromatic heterocycles. The van der Waals surface area contributed by atoms with Crippen molar-refractivity contribution in [1.82, 2.24) is 10.9 Å². The lowest BCUT2D eigenvalue weighted by Gasteiger charge is -2.12. The highest BCUT2D eigenvalue weighted by molar-refractivity contribution is 7.12. The van der Waals surface area contributed by atoms with Crippen LogP contribution in [0.1, 0.15) is 40.3 Å². The topological polar surface area (TPSA) is 67.4 Å². The van der Waals surface area contributed by atoms with E-state index in [0.29, 0.717) is 28.7 Å². The first-order valence-corrected chi connectivity index (χ1v) is 8.32. The Kier molecular flexibility index (Phi) is 6.17. The summed E-state index contributed by atoms with van der Waals surface area (Å²) in [6.07, 6.45) is 0.908. The predicted molar refractivity (Wildman–Crippen MR) is 90.6 cm³/mol. The molecular weight excluding hydrogens is 312 g/mol. The van der Waals surface area contributed by atoms with Crippen LogP contribution in [-0.4, -0.2) is 18.4 Å². The van der Waals surface area contributed by atoms with E-state index in [2.05, 4.69) is 24.7 Å². The summed E-state index contributed by atoms with van der Waals surface area (Å²) in [7, 11) is 0. The zero-order chi connectivity index (χ0) is 16.7. The molecule has 0 aliphatic rings. The average molecular weight is 332 g/mol. The van der Waals surface area contributed by atoms with Crippen LogP contribution < -0.4 is 15.6 Å². The van der Waals surface area contributed by atoms with Crippen molar-refractivity contribution in [2.45, 2.75) is 20.3 Å². The normalized spacial score (nSPS) is 10.4. The summed E-state index contributed by atoms with van der Waals surface area (Å²) in [6, 6.07) is 10.4. The zero-order valence-electron chi connectivity index (χ0n) is 13.2. The van der Waals surface area contributed by atoms with E-state index in [1.54, 1.807) is 35.7 Å². The van der Waals surface area contributed by atoms with E-state index in [0.717, 1.165) is 6.42 Å². The van der Waals surface area contributed by atoms with Gasteiger partial charge in [-0.15, -0.1) is 11.3 Å². The second-order valence-electron chi connectivity index (χ2n) is 5.41. The van der Waals surface area contributed by atoms with Crippen LogP contribution in [0.2, 0.25) is 0 Å². The third-order valence-corrected chi connectivity index (χ3v) is 3.99. The van der Waals surface area contributed by atoms with Gasteiger partial charge in [-0.25, -0.2) is 0 Å². The number of hydrazine groups is 1. The van der Waals surface area contributed by atoms with E-state index in [4.69, 9.17) is 4.74 Å². The maximum absolute atomic E-state index is 12.2. The molecule has 2 N–H and O–H groups in total. The maximum Gasteiger partial charge on any atom is 0.279 e. The number of nitrogens with one attached hydrogen (secondary N) is 2. The first-order valence-electron chi connectivity index (χ1n) is 7.44. The fourth-order valence-corrected chi connectivity index (χ4v) is 2.45. The fraction of sp³-hybridized carbons (Fsp3) is 0.294. The van der Waals surface area contributed by atoms with E-state index in [-0.39, 0.29) is 5.91 Å². The number of hydrogen-bond acceptors (Lipinski definition) is 4. The van der Waals surface area contributed by atoms with Crippen LogP contribution >= 0.6 is 11.3 Å². The summed E-state index contributed by atoms with van der Waals surface area (Å²) < 4.78 is 5.68. The van der Waals surface area contributed by atoms with E-state index >= 15 is 0 Å². The number of ether oxygens (including phenoxy) is 1. The second kappa shape index (κ2) is 8.33. The molecule has 0 aliphatic heterocycles. The Labute approximate surface area is 139 Å². The number of thiophene rings is 1. The van der Waals surface area contributed by atoms with E-state index in [1.165, 1.54) is 11.3 Å². The molecule has 0 radical (unpaired) electrons. The molecule has 1 aromatic carbocycles. The van der Waals surface area contributed by atoms with Crippen LogP contribution in [0.4, 0.5) is 0 Å². The van der Waals surface area contributed by atoms with Crippen LogP contribution in [0.25, 0.3) is 0 Å². The van der Waals surface area contributed by atoms with E-state index in [1.807, 2.05) is 6.07 Å². The molecule has 0 spiro atoms. The second-order valence-corrected chi connectivity index (χ2v) is 6.36. The van der Waals surface area contributed by atoms with Gasteiger partial charge in [0.25, 0.3) is 11.8 Å². The standard InChI is InChI=1S/C17H20N2O3S/c1-12(2)9-10-22-14-7-4-3-6-13(14)16(20)18-19-17(21)15-8-5-11-23-15/h3-8,11-12H,9-10H2,1-2H3,(H,18,20)(H,19,21). The lowest BCUT2D eigenvalue weighted by molar-refractivity contribution is 0.0846. The van der Waals surface area contributed by atoms with Crippen molar-refractivity contribution in [2.24, 2.45) is 5.92 Å². The van der Waals surface area contributed by atoms with Crippen molar-refractivity contribution in [3.63, 3.8) is 0 Å². The number of hydrogen-bond donors (Lipinski definition) is 2. The lowest BCUT2D eigenvalue weighted by Crippen LogP contribution is -2.41. The summed E-state index contributed by atoms with van der Waals surface area (Å²) in [6.45, 7) is 4.77. The highest BCUT2D eigenvalue weighted by atomic mass is 32.1. The quantitative estimate of drug-likeness (QED) is 0.798. The first-order chi connectivity index (χ1) is 11.1. The summed E-state index contributed by atoms with van der Waals surface area (Å²) in [5.41, 5.74) is 5.21. The number of para-hydroxylation sites is 1. The van der Waals surface area contributed by atoms with Crippen LogP contribution in [0.15, 0.2) is 41.8 Å². The van der Waals surface area contributed by atoms with E-state index < -0.39 is 5.91 Å². The van der Waals surface area contributed by atoms with Gasteiger partial charge in [0.05, 0.1) is 17.0 Å². The number of benzene rings is 1. The van der Waals surface area contributed by atoms with Gasteiger partial charge in [-0.3, -0.25) is 20.4 Å². The molecule has 0 aliphatic carbocycles. The molecule has 2 amide bonds. The minimum atomic E-state index is -0.407. The Balaban J connectivity index is 1.94. The molecule has 23 heavy (non-hydrogen) atoms. The molecule has 0 saturated carbocycles. The van der Waals surface area contributed by atoms with Gasteiger partial charge in [-0.1, -0.05) is 32.0 Å². The van der Waals surface area contributed by atoms with Gasteiger partial charge < -0.3 is 4.74 Å². The van der Waals surface area contributed by atoms with Gasteiger partial charge in [0, 0.05) is 0 Å². The van der Waals surface area contributed by atoms with Gasteiger partial charge >= 0.3 is 0 Å². The third kappa shape index (κ3) is 5.10. The average Bonchev–Trinajstić information content (AvgIpc) is 3.07. The molecule has 0 bridgehead atoms. The van der Waals surface area contributed by atoms with Crippen molar-refractivity contribution in [2.75, 3.05) is 6.61 Å². The molecule has 0 fully saturated rings. The fourth-order valence-electron chi connectivity index (χ4n) is 1.83. The Morgan fingerprint density at radius 3 is 2.52 bits per heavy atom. The molecule has 0 atom stereocenters. The van der Waals surface area contributed by atoms with Crippen LogP contribution in [-0.2, 0) is 0 Å². The smallest absolute Gasteiger partial charge is 0.279 e. The van der Waals surface area contributed by atoms with Crippen molar-refractivity contribution < 1.29 is 14.3 Å². The summed E-state index contributed by atoms with van der Waals surface area (Å²) >= 11 is 1.31. The molecule has 122 valence electrons. The SMILES string of the molecule is CC(C)CCOc1ccccc1C(=O)NNC(=O)c1cccs1.